The van der Waals surface area contributed by atoms with Gasteiger partial charge in [0.2, 0.25) is 4.29 Å². The van der Waals surface area contributed by atoms with Gasteiger partial charge in [-0.1, -0.05) is 19.1 Å². The Morgan fingerprint density at radius 3 is 2.95 bits per heavy atom. The first kappa shape index (κ1) is 12.1. The lowest BCUT2D eigenvalue weighted by molar-refractivity contribution is -0.0949. The fraction of sp³-hybridized carbons (Fsp3) is 0.867. The average Bonchev–Trinajstić information content (AvgIpc) is 3.07. The molecular weight excluding hydrogens is 260 g/mol. The zero-order valence-electron chi connectivity index (χ0n) is 14.8. The van der Waals surface area contributed by atoms with Gasteiger partial charge in [-0.15, -0.1) is 0 Å². The lowest BCUT2D eigenvalue weighted by Gasteiger charge is -2.17. The van der Waals surface area contributed by atoms with E-state index in [1.807, 2.05) is 19.1 Å². The summed E-state index contributed by atoms with van der Waals surface area (Å²) in [4.78, 5) is 0. The molecule has 20 heavy (non-hydrogen) atoms. The van der Waals surface area contributed by atoms with Crippen LogP contribution in [-0.4, -0.2) is 55.4 Å². The largest absolute Gasteiger partial charge is 0.393 e. The molecule has 0 aromatic rings. The third-order valence-electron chi connectivity index (χ3n) is 4.45. The van der Waals surface area contributed by atoms with Crippen molar-refractivity contribution < 1.29 is 25.2 Å². The molecule has 0 aromatic carbocycles. The molecule has 1 aliphatic heterocycles. The number of ether oxygens (including phenoxy) is 1. The fourth-order valence-electron chi connectivity index (χ4n) is 3.21. The van der Waals surface area contributed by atoms with Gasteiger partial charge in [0.15, 0.2) is 6.29 Å². The summed E-state index contributed by atoms with van der Waals surface area (Å²) in [6.45, 7) is 1.95. The molecule has 4 N–H and O–H groups in total. The predicted octanol–water partition coefficient (Wildman–Crippen LogP) is 0.559. The summed E-state index contributed by atoms with van der Waals surface area (Å²) >= 11 is 0. The summed E-state index contributed by atoms with van der Waals surface area (Å²) in [5.41, 5.74) is 0. The van der Waals surface area contributed by atoms with Gasteiger partial charge in [-0.3, -0.25) is 0 Å². The molecule has 7 atom stereocenters. The van der Waals surface area contributed by atoms with Crippen LogP contribution < -0.4 is 0 Å². The van der Waals surface area contributed by atoms with Gasteiger partial charge in [0.05, 0.1) is 24.4 Å². The molecule has 2 fully saturated rings. The Labute approximate surface area is 124 Å². The third-order valence-corrected chi connectivity index (χ3v) is 4.45. The minimum atomic E-state index is -0.740. The van der Waals surface area contributed by atoms with Crippen molar-refractivity contribution in [1.29, 1.82) is 4.29 Å². The molecule has 0 bridgehead atoms. The van der Waals surface area contributed by atoms with E-state index < -0.39 is 12.4 Å². The maximum atomic E-state index is 9.61. The molecule has 5 nitrogen and oxygen atoms in total. The molecule has 0 aromatic heterocycles. The highest BCUT2D eigenvalue weighted by molar-refractivity contribution is 5.06. The summed E-state index contributed by atoms with van der Waals surface area (Å²) in [6, 6.07) is 0. The highest BCUT2D eigenvalue weighted by atomic mass is 16.6. The zero-order valence-corrected chi connectivity index (χ0v) is 11.8. The molecule has 1 heterocycles. The van der Waals surface area contributed by atoms with E-state index in [1.165, 1.54) is 0 Å². The minimum Gasteiger partial charge on any atom is -0.393 e. The van der Waals surface area contributed by atoms with Crippen LogP contribution in [0.3, 0.4) is 0 Å². The fourth-order valence-corrected chi connectivity index (χ4v) is 3.21. The first-order valence-corrected chi connectivity index (χ1v) is 7.50. The van der Waals surface area contributed by atoms with Crippen molar-refractivity contribution in [2.45, 2.75) is 69.7 Å². The summed E-state index contributed by atoms with van der Waals surface area (Å²) in [7, 11) is 0. The molecule has 5 unspecified atom stereocenters. The summed E-state index contributed by atoms with van der Waals surface area (Å²) in [5.74, 6) is 0.102. The van der Waals surface area contributed by atoms with Crippen molar-refractivity contribution in [2.24, 2.45) is 11.8 Å². The molecule has 0 amide bonds. The van der Waals surface area contributed by atoms with Crippen molar-refractivity contribution in [3.8, 4) is 0 Å². The molecule has 1 saturated heterocycles. The lowest BCUT2D eigenvalue weighted by Crippen LogP contribution is -2.19. The van der Waals surface area contributed by atoms with Gasteiger partial charge in [-0.05, 0) is 25.2 Å². The van der Waals surface area contributed by atoms with Crippen LogP contribution in [0.15, 0.2) is 12.2 Å². The van der Waals surface area contributed by atoms with Gasteiger partial charge in [0, 0.05) is 18.8 Å². The smallest absolute Gasteiger partial charge is 0.211 e. The Kier molecular flexibility index (Phi) is 4.24. The van der Waals surface area contributed by atoms with Crippen LogP contribution in [0.25, 0.3) is 0 Å². The number of hydrogen-bond donors (Lipinski definition) is 4. The molecule has 116 valence electrons. The van der Waals surface area contributed by atoms with Gasteiger partial charge >= 0.3 is 0 Å². The van der Waals surface area contributed by atoms with Crippen molar-refractivity contribution in [1.82, 2.24) is 0 Å². The predicted molar refractivity (Wildman–Crippen MR) is 73.8 cm³/mol. The number of fused-ring (bicyclic) bond motifs is 1. The Morgan fingerprint density at radius 1 is 1.35 bits per heavy atom. The summed E-state index contributed by atoms with van der Waals surface area (Å²) < 4.78 is 26.8. The molecule has 1 saturated carbocycles. The van der Waals surface area contributed by atoms with E-state index in [4.69, 9.17) is 19.2 Å². The molecule has 2 aliphatic rings. The number of aliphatic hydroxyl groups excluding tert-OH is 4. The maximum absolute atomic E-state index is 9.61. The molecule has 5 heteroatoms. The van der Waals surface area contributed by atoms with Crippen LogP contribution in [0.2, 0.25) is 0 Å². The average molecular weight is 292 g/mol. The summed E-state index contributed by atoms with van der Waals surface area (Å²) in [6.07, 6.45) is 5.22. The van der Waals surface area contributed by atoms with Crippen molar-refractivity contribution >= 4 is 0 Å². The molecule has 0 radical (unpaired) electrons. The van der Waals surface area contributed by atoms with Crippen molar-refractivity contribution in [3.63, 3.8) is 0 Å². The third kappa shape index (κ3) is 3.80. The van der Waals surface area contributed by atoms with Crippen LogP contribution in [0.4, 0.5) is 0 Å². The Balaban J connectivity index is 1.92. The Morgan fingerprint density at radius 2 is 2.25 bits per heavy atom. The highest BCUT2D eigenvalue weighted by Gasteiger charge is 2.47. The zero-order chi connectivity index (χ0) is 16.8. The van der Waals surface area contributed by atoms with E-state index in [2.05, 4.69) is 5.11 Å². The first-order chi connectivity index (χ1) is 11.1. The standard InChI is InChI=1S/C15H26O5/c1-2-9(16)3-4-10(17)5-6-11-12-7-15(19)20-14(12)8-13(11)18/h5-6,9-19H,2-4,7-8H2,1H3/b6-5+/t9?,10?,11?,12?,13-,14-,15?/m0/s1/i16T,17T,18T. The maximum Gasteiger partial charge on any atom is 0.211 e. The van der Waals surface area contributed by atoms with Crippen molar-refractivity contribution in [3.05, 3.63) is 12.2 Å². The SMILES string of the molecule is [3H]OC(/C=C/C1C2CC(O)O[C@H]2C[C@@H]1O[3H])CCC(CC)O[3H]. The number of hydrogen-bond acceptors (Lipinski definition) is 5. The van der Waals surface area contributed by atoms with Crippen LogP contribution >= 0.6 is 0 Å². The van der Waals surface area contributed by atoms with E-state index in [-0.39, 0.29) is 30.1 Å². The van der Waals surface area contributed by atoms with Gasteiger partial charge < -0.3 is 25.2 Å². The van der Waals surface area contributed by atoms with Crippen LogP contribution in [-0.2, 0) is 4.74 Å². The number of rotatable bonds is 9. The second-order valence-electron chi connectivity index (χ2n) is 5.91. The van der Waals surface area contributed by atoms with E-state index >= 15 is 0 Å². The normalized spacial score (nSPS) is 42.1. The van der Waals surface area contributed by atoms with E-state index in [0.717, 1.165) is 6.42 Å². The van der Waals surface area contributed by atoms with E-state index in [9.17, 15) is 5.11 Å². The van der Waals surface area contributed by atoms with Crippen molar-refractivity contribution in [2.75, 3.05) is 0 Å². The van der Waals surface area contributed by atoms with Gasteiger partial charge in [0.25, 0.3) is 0 Å². The Hall–Kier alpha value is -0.460. The van der Waals surface area contributed by atoms with Gasteiger partial charge in [0.1, 0.15) is 0 Å². The lowest BCUT2D eigenvalue weighted by atomic mass is 9.91. The summed E-state index contributed by atoms with van der Waals surface area (Å²) in [5, 5.41) is 23.7. The minimum absolute atomic E-state index is 0.0262. The molecule has 1 aliphatic carbocycles. The molecule has 2 rings (SSSR count). The molecule has 0 spiro atoms. The second-order valence-corrected chi connectivity index (χ2v) is 5.91. The number of aliphatic hydroxyl groups is 4. The van der Waals surface area contributed by atoms with Crippen LogP contribution in [0, 0.1) is 11.8 Å². The van der Waals surface area contributed by atoms with E-state index in [0.29, 0.717) is 25.7 Å². The monoisotopic (exact) mass is 292 g/mol. The van der Waals surface area contributed by atoms with Gasteiger partial charge in [-0.25, -0.2) is 0 Å². The van der Waals surface area contributed by atoms with Gasteiger partial charge in [-0.2, -0.15) is 0 Å². The second kappa shape index (κ2) is 7.00. The van der Waals surface area contributed by atoms with Crippen LogP contribution in [0.5, 0.6) is 0 Å². The topological polar surface area (TPSA) is 90.2 Å². The quantitative estimate of drug-likeness (QED) is 0.466. The first-order valence-electron chi connectivity index (χ1n) is 8.73. The Bertz CT molecular complexity index is 380. The van der Waals surface area contributed by atoms with E-state index in [1.54, 1.807) is 0 Å². The highest BCUT2D eigenvalue weighted by Crippen LogP contribution is 2.43. The van der Waals surface area contributed by atoms with Crippen LogP contribution in [0.1, 0.15) is 39.0 Å². The molecular formula is C15H26O5.